The molecule has 26 heavy (non-hydrogen) atoms. The molecule has 5 N–H and O–H groups in total. The van der Waals surface area contributed by atoms with E-state index in [9.17, 15) is 5.11 Å². The number of nitrogens with one attached hydrogen (secondary N) is 2. The largest absolute Gasteiger partial charge is 0.394 e. The second-order valence-electron chi connectivity index (χ2n) is 6.97. The molecule has 2 heterocycles. The van der Waals surface area contributed by atoms with Gasteiger partial charge in [0.2, 0.25) is 5.95 Å². The Morgan fingerprint density at radius 1 is 1.23 bits per heavy atom. The normalized spacial score (nSPS) is 13.0. The van der Waals surface area contributed by atoms with E-state index in [0.717, 1.165) is 10.9 Å². The van der Waals surface area contributed by atoms with Crippen LogP contribution in [0, 0.1) is 0 Å². The zero-order valence-corrected chi connectivity index (χ0v) is 15.3. The number of nitrogens with zero attached hydrogens (tertiary/aromatic N) is 4. The lowest BCUT2D eigenvalue weighted by molar-refractivity contribution is 0.234. The van der Waals surface area contributed by atoms with Crippen LogP contribution in [0.1, 0.15) is 25.5 Å². The fourth-order valence-electron chi connectivity index (χ4n) is 2.58. The van der Waals surface area contributed by atoms with Crippen LogP contribution in [0.25, 0.3) is 11.0 Å². The molecule has 0 amide bonds. The Hall–Kier alpha value is -2.71. The van der Waals surface area contributed by atoms with Crippen molar-refractivity contribution in [1.82, 2.24) is 19.7 Å². The Morgan fingerprint density at radius 2 is 1.96 bits per heavy atom. The van der Waals surface area contributed by atoms with Gasteiger partial charge in [-0.25, -0.2) is 0 Å². The van der Waals surface area contributed by atoms with Gasteiger partial charge in [-0.15, -0.1) is 0 Å². The molecule has 1 atom stereocenters. The second-order valence-corrected chi connectivity index (χ2v) is 6.97. The molecule has 8 heteroatoms. The number of aliphatic hydroxyl groups is 1. The quantitative estimate of drug-likeness (QED) is 0.509. The SMILES string of the molecule is Cn1ncc2c(NC(C)(C)CO)nc(NC[C@H](N)c3ccccc3)nc21. The Bertz CT molecular complexity index is 876. The van der Waals surface area contributed by atoms with Gasteiger partial charge in [0.15, 0.2) is 5.65 Å². The number of rotatable bonds is 7. The Morgan fingerprint density at radius 3 is 2.65 bits per heavy atom. The molecular weight excluding hydrogens is 330 g/mol. The molecule has 1 aromatic carbocycles. The molecule has 0 aliphatic heterocycles. The van der Waals surface area contributed by atoms with Crippen molar-refractivity contribution in [2.45, 2.75) is 25.4 Å². The summed E-state index contributed by atoms with van der Waals surface area (Å²) in [4.78, 5) is 9.10. The van der Waals surface area contributed by atoms with E-state index in [4.69, 9.17) is 5.73 Å². The minimum atomic E-state index is -0.519. The number of anilines is 2. The summed E-state index contributed by atoms with van der Waals surface area (Å²) >= 11 is 0. The van der Waals surface area contributed by atoms with E-state index in [1.165, 1.54) is 0 Å². The minimum absolute atomic E-state index is 0.0274. The molecule has 8 nitrogen and oxygen atoms in total. The molecule has 0 unspecified atom stereocenters. The summed E-state index contributed by atoms with van der Waals surface area (Å²) in [5, 5.41) is 21.1. The molecule has 138 valence electrons. The van der Waals surface area contributed by atoms with Gasteiger partial charge in [-0.1, -0.05) is 30.3 Å². The molecule has 0 aliphatic rings. The van der Waals surface area contributed by atoms with Crippen LogP contribution in [0.3, 0.4) is 0 Å². The molecule has 0 saturated carbocycles. The van der Waals surface area contributed by atoms with Crippen molar-refractivity contribution < 1.29 is 5.11 Å². The van der Waals surface area contributed by atoms with Gasteiger partial charge in [0, 0.05) is 19.6 Å². The minimum Gasteiger partial charge on any atom is -0.394 e. The van der Waals surface area contributed by atoms with Gasteiger partial charge in [0.1, 0.15) is 5.82 Å². The van der Waals surface area contributed by atoms with Gasteiger partial charge in [0.05, 0.1) is 23.7 Å². The van der Waals surface area contributed by atoms with Crippen molar-refractivity contribution in [3.63, 3.8) is 0 Å². The van der Waals surface area contributed by atoms with Gasteiger partial charge in [-0.2, -0.15) is 15.1 Å². The number of hydrogen-bond acceptors (Lipinski definition) is 7. The zero-order valence-electron chi connectivity index (χ0n) is 15.3. The highest BCUT2D eigenvalue weighted by molar-refractivity contribution is 5.87. The van der Waals surface area contributed by atoms with E-state index < -0.39 is 5.54 Å². The van der Waals surface area contributed by atoms with Crippen LogP contribution in [-0.4, -0.2) is 43.5 Å². The number of nitrogens with two attached hydrogens (primary N) is 1. The Kier molecular flexibility index (Phi) is 5.06. The molecule has 0 bridgehead atoms. The molecule has 0 fully saturated rings. The average molecular weight is 355 g/mol. The molecule has 3 rings (SSSR count). The fourth-order valence-corrected chi connectivity index (χ4v) is 2.58. The lowest BCUT2D eigenvalue weighted by Crippen LogP contribution is -2.35. The van der Waals surface area contributed by atoms with E-state index in [1.54, 1.807) is 10.9 Å². The number of fused-ring (bicyclic) bond motifs is 1. The highest BCUT2D eigenvalue weighted by Gasteiger charge is 2.20. The zero-order chi connectivity index (χ0) is 18.7. The fraction of sp³-hybridized carbons (Fsp3) is 0.389. The number of hydrogen-bond donors (Lipinski definition) is 4. The van der Waals surface area contributed by atoms with Gasteiger partial charge in [-0.05, 0) is 19.4 Å². The summed E-state index contributed by atoms with van der Waals surface area (Å²) in [5.74, 6) is 1.08. The summed E-state index contributed by atoms with van der Waals surface area (Å²) in [6.45, 7) is 4.27. The lowest BCUT2D eigenvalue weighted by Gasteiger charge is -2.24. The summed E-state index contributed by atoms with van der Waals surface area (Å²) in [6, 6.07) is 9.71. The van der Waals surface area contributed by atoms with E-state index in [-0.39, 0.29) is 12.6 Å². The molecule has 2 aromatic heterocycles. The first kappa shape index (κ1) is 18.1. The van der Waals surface area contributed by atoms with Crippen molar-refractivity contribution in [2.75, 3.05) is 23.8 Å². The molecule has 0 radical (unpaired) electrons. The third kappa shape index (κ3) is 3.92. The van der Waals surface area contributed by atoms with E-state index in [1.807, 2.05) is 51.2 Å². The molecule has 3 aromatic rings. The van der Waals surface area contributed by atoms with Crippen LogP contribution in [0.2, 0.25) is 0 Å². The Balaban J connectivity index is 1.85. The predicted molar refractivity (Wildman–Crippen MR) is 103 cm³/mol. The predicted octanol–water partition coefficient (Wildman–Crippen LogP) is 1.66. The molecule has 0 aliphatic carbocycles. The van der Waals surface area contributed by atoms with Crippen molar-refractivity contribution in [3.8, 4) is 0 Å². The van der Waals surface area contributed by atoms with Crippen LogP contribution in [-0.2, 0) is 7.05 Å². The smallest absolute Gasteiger partial charge is 0.226 e. The first-order valence-electron chi connectivity index (χ1n) is 8.53. The summed E-state index contributed by atoms with van der Waals surface area (Å²) in [5.41, 5.74) is 7.47. The van der Waals surface area contributed by atoms with E-state index in [0.29, 0.717) is 24.0 Å². The maximum Gasteiger partial charge on any atom is 0.226 e. The van der Waals surface area contributed by atoms with E-state index in [2.05, 4.69) is 25.7 Å². The van der Waals surface area contributed by atoms with Crippen LogP contribution in [0.4, 0.5) is 11.8 Å². The summed E-state index contributed by atoms with van der Waals surface area (Å²) < 4.78 is 1.69. The highest BCUT2D eigenvalue weighted by Crippen LogP contribution is 2.24. The lowest BCUT2D eigenvalue weighted by atomic mass is 10.1. The van der Waals surface area contributed by atoms with Crippen molar-refractivity contribution in [3.05, 3.63) is 42.1 Å². The maximum absolute atomic E-state index is 9.55. The van der Waals surface area contributed by atoms with Crippen LogP contribution in [0.15, 0.2) is 36.5 Å². The van der Waals surface area contributed by atoms with Gasteiger partial charge >= 0.3 is 0 Å². The van der Waals surface area contributed by atoms with Crippen LogP contribution in [0.5, 0.6) is 0 Å². The first-order chi connectivity index (χ1) is 12.4. The second kappa shape index (κ2) is 7.27. The number of benzene rings is 1. The van der Waals surface area contributed by atoms with Crippen LogP contribution >= 0.6 is 0 Å². The third-order valence-electron chi connectivity index (χ3n) is 4.15. The maximum atomic E-state index is 9.55. The standard InChI is InChI=1S/C18H25N7O/c1-18(2,11-26)24-15-13-9-21-25(3)16(13)23-17(22-15)20-10-14(19)12-7-5-4-6-8-12/h4-9,14,26H,10-11,19H2,1-3H3,(H2,20,22,23,24)/t14-/m0/s1. The number of aliphatic hydroxyl groups excluding tert-OH is 1. The number of aryl methyl sites for hydroxylation is 1. The van der Waals surface area contributed by atoms with Gasteiger partial charge < -0.3 is 21.5 Å². The Labute approximate surface area is 152 Å². The van der Waals surface area contributed by atoms with Crippen molar-refractivity contribution in [1.29, 1.82) is 0 Å². The molecule has 0 spiro atoms. The highest BCUT2D eigenvalue weighted by atomic mass is 16.3. The topological polar surface area (TPSA) is 114 Å². The van der Waals surface area contributed by atoms with Crippen molar-refractivity contribution >= 4 is 22.8 Å². The van der Waals surface area contributed by atoms with E-state index >= 15 is 0 Å². The summed E-state index contributed by atoms with van der Waals surface area (Å²) in [7, 11) is 1.83. The molecular formula is C18H25N7O. The van der Waals surface area contributed by atoms with Crippen LogP contribution < -0.4 is 16.4 Å². The first-order valence-corrected chi connectivity index (χ1v) is 8.53. The van der Waals surface area contributed by atoms with Gasteiger partial charge in [-0.3, -0.25) is 4.68 Å². The van der Waals surface area contributed by atoms with Gasteiger partial charge in [0.25, 0.3) is 0 Å². The average Bonchev–Trinajstić information content (AvgIpc) is 3.01. The number of aromatic nitrogens is 4. The third-order valence-corrected chi connectivity index (χ3v) is 4.15. The summed E-state index contributed by atoms with van der Waals surface area (Å²) in [6.07, 6.45) is 1.71. The van der Waals surface area contributed by atoms with Crippen molar-refractivity contribution in [2.24, 2.45) is 12.8 Å². The molecule has 0 saturated heterocycles. The monoisotopic (exact) mass is 355 g/mol.